The molecule has 0 bridgehead atoms. The lowest BCUT2D eigenvalue weighted by atomic mass is 9.86. The minimum absolute atomic E-state index is 0.0186. The van der Waals surface area contributed by atoms with Crippen molar-refractivity contribution in [1.29, 1.82) is 0 Å². The molecule has 0 saturated carbocycles. The van der Waals surface area contributed by atoms with E-state index in [1.165, 1.54) is 0 Å². The molecule has 0 radical (unpaired) electrons. The zero-order chi connectivity index (χ0) is 14.7. The van der Waals surface area contributed by atoms with Crippen molar-refractivity contribution in [2.45, 2.75) is 31.7 Å². The lowest BCUT2D eigenvalue weighted by molar-refractivity contribution is -0.123. The lowest BCUT2D eigenvalue weighted by Gasteiger charge is -2.21. The number of hydrogen-bond donors (Lipinski definition) is 2. The first kappa shape index (κ1) is 13.6. The van der Waals surface area contributed by atoms with Gasteiger partial charge in [0, 0.05) is 17.5 Å². The molecule has 3 rings (SSSR count). The van der Waals surface area contributed by atoms with Gasteiger partial charge in [0.15, 0.2) is 0 Å². The van der Waals surface area contributed by atoms with Gasteiger partial charge in [0.2, 0.25) is 5.91 Å². The first-order chi connectivity index (χ1) is 10.3. The van der Waals surface area contributed by atoms with Crippen LogP contribution in [0.4, 0.5) is 0 Å². The summed E-state index contributed by atoms with van der Waals surface area (Å²) in [5.41, 5.74) is 2.83. The average molecular weight is 286 g/mol. The van der Waals surface area contributed by atoms with E-state index in [1.807, 2.05) is 12.1 Å². The Morgan fingerprint density at radius 2 is 2.48 bits per heavy atom. The van der Waals surface area contributed by atoms with E-state index in [9.17, 15) is 4.79 Å². The van der Waals surface area contributed by atoms with Gasteiger partial charge in [-0.1, -0.05) is 0 Å². The quantitative estimate of drug-likeness (QED) is 0.893. The third-order valence-corrected chi connectivity index (χ3v) is 3.86. The molecular weight excluding hydrogens is 268 g/mol. The summed E-state index contributed by atoms with van der Waals surface area (Å²) in [4.78, 5) is 16.7. The fourth-order valence-electron chi connectivity index (χ4n) is 2.77. The SMILES string of the molecule is COc1cccnc1CNC(=O)C1CCCc2[nH]ncc21. The highest BCUT2D eigenvalue weighted by molar-refractivity contribution is 5.84. The zero-order valence-electron chi connectivity index (χ0n) is 11.9. The van der Waals surface area contributed by atoms with Crippen LogP contribution in [-0.4, -0.2) is 28.2 Å². The molecular formula is C15H18N4O2. The number of pyridine rings is 1. The number of nitrogens with zero attached hydrogens (tertiary/aromatic N) is 2. The van der Waals surface area contributed by atoms with Crippen molar-refractivity contribution in [1.82, 2.24) is 20.5 Å². The number of fused-ring (bicyclic) bond motifs is 1. The number of aromatic amines is 1. The van der Waals surface area contributed by atoms with Crippen LogP contribution in [-0.2, 0) is 17.8 Å². The van der Waals surface area contributed by atoms with Crippen LogP contribution < -0.4 is 10.1 Å². The van der Waals surface area contributed by atoms with Gasteiger partial charge in [-0.15, -0.1) is 0 Å². The van der Waals surface area contributed by atoms with Crippen LogP contribution in [0.25, 0.3) is 0 Å². The highest BCUT2D eigenvalue weighted by Crippen LogP contribution is 2.30. The van der Waals surface area contributed by atoms with Gasteiger partial charge in [-0.2, -0.15) is 5.10 Å². The van der Waals surface area contributed by atoms with Crippen molar-refractivity contribution in [2.24, 2.45) is 0 Å². The first-order valence-electron chi connectivity index (χ1n) is 7.07. The first-order valence-corrected chi connectivity index (χ1v) is 7.07. The number of amides is 1. The number of aromatic nitrogens is 3. The smallest absolute Gasteiger partial charge is 0.227 e. The monoisotopic (exact) mass is 286 g/mol. The summed E-state index contributed by atoms with van der Waals surface area (Å²) in [6.45, 7) is 0.368. The number of ether oxygens (including phenoxy) is 1. The second kappa shape index (κ2) is 5.95. The Hall–Kier alpha value is -2.37. The van der Waals surface area contributed by atoms with Gasteiger partial charge in [-0.25, -0.2) is 0 Å². The van der Waals surface area contributed by atoms with Crippen molar-refractivity contribution in [3.8, 4) is 5.75 Å². The van der Waals surface area contributed by atoms with Gasteiger partial charge in [-0.3, -0.25) is 14.9 Å². The summed E-state index contributed by atoms with van der Waals surface area (Å²) in [6.07, 6.45) is 6.28. The largest absolute Gasteiger partial charge is 0.495 e. The Labute approximate surface area is 122 Å². The number of rotatable bonds is 4. The number of carbonyl (C=O) groups is 1. The molecule has 6 heteroatoms. The molecule has 1 amide bonds. The molecule has 2 N–H and O–H groups in total. The number of methoxy groups -OCH3 is 1. The van der Waals surface area contributed by atoms with Crippen LogP contribution in [0.1, 0.15) is 35.7 Å². The molecule has 6 nitrogen and oxygen atoms in total. The van der Waals surface area contributed by atoms with Crippen LogP contribution in [0.3, 0.4) is 0 Å². The summed E-state index contributed by atoms with van der Waals surface area (Å²) >= 11 is 0. The van der Waals surface area contributed by atoms with Gasteiger partial charge < -0.3 is 10.1 Å². The molecule has 1 aliphatic carbocycles. The van der Waals surface area contributed by atoms with Gasteiger partial charge in [0.1, 0.15) is 11.4 Å². The second-order valence-electron chi connectivity index (χ2n) is 5.12. The molecule has 0 fully saturated rings. The summed E-state index contributed by atoms with van der Waals surface area (Å²) in [7, 11) is 1.60. The topological polar surface area (TPSA) is 79.9 Å². The molecule has 2 aromatic heterocycles. The fraction of sp³-hybridized carbons (Fsp3) is 0.400. The van der Waals surface area contributed by atoms with E-state index in [0.717, 1.165) is 36.2 Å². The van der Waals surface area contributed by atoms with E-state index < -0.39 is 0 Å². The highest BCUT2D eigenvalue weighted by Gasteiger charge is 2.27. The normalized spacial score (nSPS) is 17.1. The number of hydrogen-bond acceptors (Lipinski definition) is 4. The maximum absolute atomic E-state index is 12.4. The Kier molecular flexibility index (Phi) is 3.85. The van der Waals surface area contributed by atoms with Crippen LogP contribution in [0, 0.1) is 0 Å². The standard InChI is InChI=1S/C15H18N4O2/c1-21-14-6-3-7-16-13(14)9-17-15(20)10-4-2-5-12-11(10)8-18-19-12/h3,6-8,10H,2,4-5,9H2,1H3,(H,17,20)(H,18,19). The minimum Gasteiger partial charge on any atom is -0.495 e. The van der Waals surface area contributed by atoms with E-state index >= 15 is 0 Å². The van der Waals surface area contributed by atoms with Crippen LogP contribution >= 0.6 is 0 Å². The molecule has 0 spiro atoms. The van der Waals surface area contributed by atoms with Crippen LogP contribution in [0.5, 0.6) is 5.75 Å². The molecule has 110 valence electrons. The number of aryl methyl sites for hydroxylation is 1. The van der Waals surface area contributed by atoms with E-state index in [1.54, 1.807) is 19.5 Å². The Bertz CT molecular complexity index is 638. The van der Waals surface area contributed by atoms with Crippen molar-refractivity contribution in [3.05, 3.63) is 41.5 Å². The van der Waals surface area contributed by atoms with E-state index in [4.69, 9.17) is 4.74 Å². The number of H-pyrrole nitrogens is 1. The molecule has 1 unspecified atom stereocenters. The fourth-order valence-corrected chi connectivity index (χ4v) is 2.77. The number of nitrogens with one attached hydrogen (secondary N) is 2. The second-order valence-corrected chi connectivity index (χ2v) is 5.12. The summed E-state index contributed by atoms with van der Waals surface area (Å²) in [5.74, 6) is 0.581. The molecule has 2 heterocycles. The summed E-state index contributed by atoms with van der Waals surface area (Å²) < 4.78 is 5.24. The third-order valence-electron chi connectivity index (χ3n) is 3.86. The highest BCUT2D eigenvalue weighted by atomic mass is 16.5. The molecule has 1 atom stereocenters. The molecule has 0 aromatic carbocycles. The van der Waals surface area contributed by atoms with E-state index in [2.05, 4.69) is 20.5 Å². The summed E-state index contributed by atoms with van der Waals surface area (Å²) in [5, 5.41) is 9.97. The predicted octanol–water partition coefficient (Wildman–Crippen LogP) is 1.55. The van der Waals surface area contributed by atoms with Gasteiger partial charge in [0.05, 0.1) is 25.8 Å². The molecule has 2 aromatic rings. The van der Waals surface area contributed by atoms with Gasteiger partial charge >= 0.3 is 0 Å². The van der Waals surface area contributed by atoms with E-state index in [0.29, 0.717) is 12.3 Å². The van der Waals surface area contributed by atoms with Crippen molar-refractivity contribution >= 4 is 5.91 Å². The van der Waals surface area contributed by atoms with Crippen molar-refractivity contribution in [3.63, 3.8) is 0 Å². The number of carbonyl (C=O) groups excluding carboxylic acids is 1. The Morgan fingerprint density at radius 3 is 3.33 bits per heavy atom. The zero-order valence-corrected chi connectivity index (χ0v) is 11.9. The Balaban J connectivity index is 1.68. The third kappa shape index (κ3) is 2.74. The molecule has 1 aliphatic rings. The maximum Gasteiger partial charge on any atom is 0.227 e. The van der Waals surface area contributed by atoms with Crippen LogP contribution in [0.15, 0.2) is 24.5 Å². The maximum atomic E-state index is 12.4. The molecule has 0 saturated heterocycles. The lowest BCUT2D eigenvalue weighted by Crippen LogP contribution is -2.31. The van der Waals surface area contributed by atoms with E-state index in [-0.39, 0.29) is 11.8 Å². The summed E-state index contributed by atoms with van der Waals surface area (Å²) in [6, 6.07) is 3.65. The van der Waals surface area contributed by atoms with Crippen molar-refractivity contribution < 1.29 is 9.53 Å². The predicted molar refractivity (Wildman–Crippen MR) is 76.9 cm³/mol. The Morgan fingerprint density at radius 1 is 1.57 bits per heavy atom. The van der Waals surface area contributed by atoms with Gasteiger partial charge in [-0.05, 0) is 31.4 Å². The molecule has 0 aliphatic heterocycles. The minimum atomic E-state index is -0.123. The van der Waals surface area contributed by atoms with Gasteiger partial charge in [0.25, 0.3) is 0 Å². The van der Waals surface area contributed by atoms with Crippen molar-refractivity contribution in [2.75, 3.05) is 7.11 Å². The van der Waals surface area contributed by atoms with Crippen LogP contribution in [0.2, 0.25) is 0 Å². The molecule has 21 heavy (non-hydrogen) atoms. The average Bonchev–Trinajstić information content (AvgIpc) is 3.01.